The van der Waals surface area contributed by atoms with Gasteiger partial charge in [0.2, 0.25) is 0 Å². The van der Waals surface area contributed by atoms with Gasteiger partial charge in [-0.2, -0.15) is 0 Å². The topological polar surface area (TPSA) is 71.1 Å². The van der Waals surface area contributed by atoms with Crippen LogP contribution < -0.4 is 10.0 Å². The van der Waals surface area contributed by atoms with Gasteiger partial charge in [0.05, 0.1) is 16.8 Å². The van der Waals surface area contributed by atoms with Crippen molar-refractivity contribution in [1.29, 1.82) is 0 Å². The van der Waals surface area contributed by atoms with Gasteiger partial charge in [-0.3, -0.25) is 4.72 Å². The molecule has 2 N–H and O–H groups in total. The van der Waals surface area contributed by atoms with Gasteiger partial charge in [0.15, 0.2) is 0 Å². The number of sulfonamides is 1. The lowest BCUT2D eigenvalue weighted by Gasteiger charge is -2.10. The van der Waals surface area contributed by atoms with E-state index < -0.39 is 10.0 Å². The van der Waals surface area contributed by atoms with Gasteiger partial charge >= 0.3 is 0 Å². The predicted molar refractivity (Wildman–Crippen MR) is 101 cm³/mol. The van der Waals surface area contributed by atoms with Crippen LogP contribution in [-0.2, 0) is 10.0 Å². The molecular weight excluding hydrogens is 334 g/mol. The summed E-state index contributed by atoms with van der Waals surface area (Å²) in [6.45, 7) is 3.83. The highest BCUT2D eigenvalue weighted by Gasteiger charge is 2.15. The number of aryl methyl sites for hydroxylation is 2. The summed E-state index contributed by atoms with van der Waals surface area (Å²) in [7, 11) is -3.66. The minimum Gasteiger partial charge on any atom is -0.354 e. The molecule has 2 aromatic carbocycles. The summed E-state index contributed by atoms with van der Waals surface area (Å²) in [5.74, 6) is 0.275. The molecule has 0 saturated carbocycles. The van der Waals surface area contributed by atoms with Crippen LogP contribution in [0.4, 0.5) is 17.2 Å². The molecule has 3 aromatic rings. The van der Waals surface area contributed by atoms with E-state index in [0.717, 1.165) is 22.5 Å². The van der Waals surface area contributed by atoms with Crippen LogP contribution in [0, 0.1) is 13.8 Å². The molecule has 0 spiro atoms. The minimum absolute atomic E-state index is 0.226. The van der Waals surface area contributed by atoms with E-state index >= 15 is 0 Å². The molecular formula is C19H19N3O2S. The lowest BCUT2D eigenvalue weighted by Crippen LogP contribution is -2.14. The van der Waals surface area contributed by atoms with E-state index in [1.54, 1.807) is 36.5 Å². The third-order valence-corrected chi connectivity index (χ3v) is 5.21. The maximum atomic E-state index is 12.5. The first kappa shape index (κ1) is 17.0. The number of hydrogen-bond donors (Lipinski definition) is 2. The van der Waals surface area contributed by atoms with Crippen LogP contribution in [-0.4, -0.2) is 13.4 Å². The Balaban J connectivity index is 1.75. The number of para-hydroxylation sites is 1. The lowest BCUT2D eigenvalue weighted by atomic mass is 10.1. The van der Waals surface area contributed by atoms with Crippen molar-refractivity contribution in [3.05, 3.63) is 78.0 Å². The molecule has 0 saturated heterocycles. The zero-order valence-corrected chi connectivity index (χ0v) is 14.8. The van der Waals surface area contributed by atoms with Gasteiger partial charge in [-0.05, 0) is 61.4 Å². The minimum atomic E-state index is -3.66. The molecule has 0 bridgehead atoms. The average Bonchev–Trinajstić information content (AvgIpc) is 2.60. The Morgan fingerprint density at radius 1 is 0.840 bits per heavy atom. The number of pyridine rings is 1. The van der Waals surface area contributed by atoms with Crippen LogP contribution in [0.2, 0.25) is 0 Å². The Labute approximate surface area is 147 Å². The third-order valence-electron chi connectivity index (χ3n) is 3.85. The molecule has 0 unspecified atom stereocenters. The molecule has 0 aliphatic rings. The number of anilines is 3. The van der Waals surface area contributed by atoms with E-state index in [0.29, 0.717) is 0 Å². The third kappa shape index (κ3) is 4.16. The highest BCUT2D eigenvalue weighted by Crippen LogP contribution is 2.20. The average molecular weight is 353 g/mol. The fraction of sp³-hybridized carbons (Fsp3) is 0.105. The number of nitrogens with one attached hydrogen (secondary N) is 2. The molecule has 0 radical (unpaired) electrons. The predicted octanol–water partition coefficient (Wildman–Crippen LogP) is 4.24. The molecule has 1 aromatic heterocycles. The maximum absolute atomic E-state index is 12.5. The monoisotopic (exact) mass is 353 g/mol. The Morgan fingerprint density at radius 2 is 1.60 bits per heavy atom. The molecule has 25 heavy (non-hydrogen) atoms. The van der Waals surface area contributed by atoms with E-state index in [2.05, 4.69) is 15.0 Å². The Morgan fingerprint density at radius 3 is 2.24 bits per heavy atom. The number of rotatable bonds is 5. The van der Waals surface area contributed by atoms with Crippen molar-refractivity contribution >= 4 is 27.2 Å². The summed E-state index contributed by atoms with van der Waals surface area (Å²) in [6, 6.07) is 18.1. The quantitative estimate of drug-likeness (QED) is 0.719. The molecule has 5 nitrogen and oxygen atoms in total. The van der Waals surface area contributed by atoms with E-state index in [1.165, 1.54) is 0 Å². The number of nitrogens with zero attached hydrogens (tertiary/aromatic N) is 1. The van der Waals surface area contributed by atoms with Crippen LogP contribution in [0.3, 0.4) is 0 Å². The SMILES string of the molecule is Cc1ccc(S(=O)(=O)Nc2ccc(Nc3ccccc3)cn2)cc1C. The first-order valence-electron chi connectivity index (χ1n) is 7.82. The largest absolute Gasteiger partial charge is 0.354 e. The number of aromatic nitrogens is 1. The molecule has 0 aliphatic heterocycles. The van der Waals surface area contributed by atoms with Gasteiger partial charge in [-0.1, -0.05) is 24.3 Å². The zero-order chi connectivity index (χ0) is 17.9. The summed E-state index contributed by atoms with van der Waals surface area (Å²) in [4.78, 5) is 4.40. The maximum Gasteiger partial charge on any atom is 0.263 e. The fourth-order valence-corrected chi connectivity index (χ4v) is 3.39. The van der Waals surface area contributed by atoms with Gasteiger partial charge in [-0.25, -0.2) is 13.4 Å². The Kier molecular flexibility index (Phi) is 4.72. The van der Waals surface area contributed by atoms with Crippen molar-refractivity contribution in [2.45, 2.75) is 18.7 Å². The lowest BCUT2D eigenvalue weighted by molar-refractivity contribution is 0.601. The molecule has 0 atom stereocenters. The molecule has 128 valence electrons. The van der Waals surface area contributed by atoms with Gasteiger partial charge in [0.25, 0.3) is 10.0 Å². The molecule has 0 fully saturated rings. The fourth-order valence-electron chi connectivity index (χ4n) is 2.29. The van der Waals surface area contributed by atoms with Crippen molar-refractivity contribution in [3.8, 4) is 0 Å². The van der Waals surface area contributed by atoms with Crippen molar-refractivity contribution < 1.29 is 8.42 Å². The smallest absolute Gasteiger partial charge is 0.263 e. The zero-order valence-electron chi connectivity index (χ0n) is 14.0. The van der Waals surface area contributed by atoms with Gasteiger partial charge in [0.1, 0.15) is 5.82 Å². The standard InChI is InChI=1S/C19H19N3O2S/c1-14-8-10-18(12-15(14)2)25(23,24)22-19-11-9-17(13-20-19)21-16-6-4-3-5-7-16/h3-13,21H,1-2H3,(H,20,22). The summed E-state index contributed by atoms with van der Waals surface area (Å²) in [6.07, 6.45) is 1.59. The summed E-state index contributed by atoms with van der Waals surface area (Å²) >= 11 is 0. The normalized spacial score (nSPS) is 11.1. The number of benzene rings is 2. The molecule has 1 heterocycles. The van der Waals surface area contributed by atoms with Crippen LogP contribution in [0.15, 0.2) is 71.8 Å². The first-order valence-corrected chi connectivity index (χ1v) is 9.30. The van der Waals surface area contributed by atoms with Crippen LogP contribution >= 0.6 is 0 Å². The highest BCUT2D eigenvalue weighted by atomic mass is 32.2. The van der Waals surface area contributed by atoms with E-state index in [4.69, 9.17) is 0 Å². The Hall–Kier alpha value is -2.86. The summed E-state index contributed by atoms with van der Waals surface area (Å²) in [5, 5.41) is 3.20. The Bertz CT molecular complexity index is 969. The summed E-state index contributed by atoms with van der Waals surface area (Å²) < 4.78 is 27.5. The van der Waals surface area contributed by atoms with Crippen molar-refractivity contribution in [2.24, 2.45) is 0 Å². The second kappa shape index (κ2) is 6.94. The van der Waals surface area contributed by atoms with E-state index in [9.17, 15) is 8.42 Å². The van der Waals surface area contributed by atoms with E-state index in [1.807, 2.05) is 44.2 Å². The second-order valence-electron chi connectivity index (χ2n) is 5.77. The van der Waals surface area contributed by atoms with Crippen LogP contribution in [0.25, 0.3) is 0 Å². The first-order chi connectivity index (χ1) is 11.9. The van der Waals surface area contributed by atoms with Gasteiger partial charge in [0, 0.05) is 5.69 Å². The molecule has 0 aliphatic carbocycles. The van der Waals surface area contributed by atoms with Crippen molar-refractivity contribution in [3.63, 3.8) is 0 Å². The molecule has 3 rings (SSSR count). The van der Waals surface area contributed by atoms with Crippen molar-refractivity contribution in [1.82, 2.24) is 4.98 Å². The second-order valence-corrected chi connectivity index (χ2v) is 7.46. The van der Waals surface area contributed by atoms with Crippen molar-refractivity contribution in [2.75, 3.05) is 10.0 Å². The van der Waals surface area contributed by atoms with Crippen LogP contribution in [0.5, 0.6) is 0 Å². The van der Waals surface area contributed by atoms with Crippen LogP contribution in [0.1, 0.15) is 11.1 Å². The highest BCUT2D eigenvalue weighted by molar-refractivity contribution is 7.92. The molecule has 6 heteroatoms. The van der Waals surface area contributed by atoms with E-state index in [-0.39, 0.29) is 10.7 Å². The van der Waals surface area contributed by atoms with Gasteiger partial charge in [-0.15, -0.1) is 0 Å². The molecule has 0 amide bonds. The van der Waals surface area contributed by atoms with Gasteiger partial charge < -0.3 is 5.32 Å². The number of hydrogen-bond acceptors (Lipinski definition) is 4. The summed E-state index contributed by atoms with van der Waals surface area (Å²) in [5.41, 5.74) is 3.69.